The first-order valence-electron chi connectivity index (χ1n) is 8.48. The minimum absolute atomic E-state index is 0.125. The van der Waals surface area contributed by atoms with Crippen molar-refractivity contribution in [1.82, 2.24) is 4.98 Å². The zero-order valence-corrected chi connectivity index (χ0v) is 16.8. The van der Waals surface area contributed by atoms with E-state index in [-0.39, 0.29) is 11.8 Å². The zero-order valence-electron chi connectivity index (χ0n) is 15.2. The van der Waals surface area contributed by atoms with Gasteiger partial charge in [0, 0.05) is 23.6 Å². The number of rotatable bonds is 6. The number of anilines is 2. The molecule has 0 saturated carbocycles. The molecule has 2 N–H and O–H groups in total. The van der Waals surface area contributed by atoms with Crippen LogP contribution < -0.4 is 15.4 Å². The summed E-state index contributed by atoms with van der Waals surface area (Å²) in [5, 5.41) is 8.23. The Morgan fingerprint density at radius 1 is 1.11 bits per heavy atom. The van der Waals surface area contributed by atoms with Crippen molar-refractivity contribution in [2.24, 2.45) is 0 Å². The lowest BCUT2D eigenvalue weighted by atomic mass is 10.1. The minimum atomic E-state index is -0.732. The van der Waals surface area contributed by atoms with E-state index in [4.69, 9.17) is 16.3 Å². The molecule has 1 atom stereocenters. The van der Waals surface area contributed by atoms with Gasteiger partial charge in [-0.1, -0.05) is 35.9 Å². The average molecular weight is 416 g/mol. The number of hydrogen-bond acceptors (Lipinski definition) is 5. The fourth-order valence-corrected chi connectivity index (χ4v) is 3.29. The van der Waals surface area contributed by atoms with Crippen LogP contribution in [0.3, 0.4) is 0 Å². The van der Waals surface area contributed by atoms with Crippen LogP contribution in [-0.2, 0) is 9.59 Å². The third-order valence-electron chi connectivity index (χ3n) is 3.74. The van der Waals surface area contributed by atoms with Gasteiger partial charge in [-0.25, -0.2) is 4.98 Å². The standard InChI is InChI=1S/C20H18ClN3O3S/c1-12(27-18-6-4-3-5-16(18)21)19(26)24-20-23-17(11-28-20)14-7-9-15(10-8-14)22-13(2)25/h3-12H,1-2H3,(H,22,25)(H,23,24,26). The van der Waals surface area contributed by atoms with Crippen LogP contribution in [0.4, 0.5) is 10.8 Å². The summed E-state index contributed by atoms with van der Waals surface area (Å²) in [6.07, 6.45) is -0.732. The second-order valence-corrected chi connectivity index (χ2v) is 7.24. The highest BCUT2D eigenvalue weighted by atomic mass is 35.5. The van der Waals surface area contributed by atoms with Crippen LogP contribution in [0.1, 0.15) is 13.8 Å². The van der Waals surface area contributed by atoms with E-state index in [0.29, 0.717) is 21.6 Å². The predicted molar refractivity (Wildman–Crippen MR) is 112 cm³/mol. The molecule has 6 nitrogen and oxygen atoms in total. The summed E-state index contributed by atoms with van der Waals surface area (Å²) in [5.41, 5.74) is 2.33. The fraction of sp³-hybridized carbons (Fsp3) is 0.150. The van der Waals surface area contributed by atoms with Gasteiger partial charge in [0.2, 0.25) is 5.91 Å². The Bertz CT molecular complexity index is 988. The van der Waals surface area contributed by atoms with E-state index in [1.54, 1.807) is 43.3 Å². The number of para-hydroxylation sites is 1. The molecule has 0 aliphatic heterocycles. The van der Waals surface area contributed by atoms with Crippen molar-refractivity contribution in [2.75, 3.05) is 10.6 Å². The van der Waals surface area contributed by atoms with Gasteiger partial charge in [0.25, 0.3) is 5.91 Å². The van der Waals surface area contributed by atoms with Crippen molar-refractivity contribution >= 4 is 45.6 Å². The quantitative estimate of drug-likeness (QED) is 0.604. The third-order valence-corrected chi connectivity index (χ3v) is 4.81. The Balaban J connectivity index is 1.63. The number of thiazole rings is 1. The van der Waals surface area contributed by atoms with Gasteiger partial charge in [-0.15, -0.1) is 11.3 Å². The summed E-state index contributed by atoms with van der Waals surface area (Å²) < 4.78 is 5.61. The maximum absolute atomic E-state index is 12.4. The summed E-state index contributed by atoms with van der Waals surface area (Å²) >= 11 is 7.37. The van der Waals surface area contributed by atoms with Gasteiger partial charge in [-0.05, 0) is 31.2 Å². The Morgan fingerprint density at radius 3 is 2.50 bits per heavy atom. The van der Waals surface area contributed by atoms with Crippen molar-refractivity contribution in [2.45, 2.75) is 20.0 Å². The third kappa shape index (κ3) is 5.09. The number of ether oxygens (including phenoxy) is 1. The zero-order chi connectivity index (χ0) is 20.1. The van der Waals surface area contributed by atoms with Crippen molar-refractivity contribution in [1.29, 1.82) is 0 Å². The molecule has 1 unspecified atom stereocenters. The Morgan fingerprint density at radius 2 is 1.82 bits per heavy atom. The van der Waals surface area contributed by atoms with Crippen molar-refractivity contribution in [3.05, 3.63) is 58.9 Å². The Kier molecular flexibility index (Phi) is 6.28. The molecule has 8 heteroatoms. The number of hydrogen-bond donors (Lipinski definition) is 2. The SMILES string of the molecule is CC(=O)Nc1ccc(-c2csc(NC(=O)C(C)Oc3ccccc3Cl)n2)cc1. The van der Waals surface area contributed by atoms with E-state index in [0.717, 1.165) is 11.3 Å². The first-order valence-corrected chi connectivity index (χ1v) is 9.74. The van der Waals surface area contributed by atoms with Crippen LogP contribution in [-0.4, -0.2) is 22.9 Å². The molecular weight excluding hydrogens is 398 g/mol. The highest BCUT2D eigenvalue weighted by Gasteiger charge is 2.17. The number of nitrogens with one attached hydrogen (secondary N) is 2. The van der Waals surface area contributed by atoms with Crippen molar-refractivity contribution in [3.8, 4) is 17.0 Å². The lowest BCUT2D eigenvalue weighted by molar-refractivity contribution is -0.122. The molecule has 0 radical (unpaired) electrons. The van der Waals surface area contributed by atoms with Gasteiger partial charge in [-0.2, -0.15) is 0 Å². The molecule has 1 heterocycles. The monoisotopic (exact) mass is 415 g/mol. The number of nitrogens with zero attached hydrogens (tertiary/aromatic N) is 1. The van der Waals surface area contributed by atoms with Gasteiger partial charge < -0.3 is 10.1 Å². The summed E-state index contributed by atoms with van der Waals surface area (Å²) in [5.74, 6) is 0.00673. The largest absolute Gasteiger partial charge is 0.479 e. The topological polar surface area (TPSA) is 80.3 Å². The van der Waals surface area contributed by atoms with Crippen LogP contribution in [0.5, 0.6) is 5.75 Å². The van der Waals surface area contributed by atoms with E-state index in [1.165, 1.54) is 18.3 Å². The second kappa shape index (κ2) is 8.86. The second-order valence-electron chi connectivity index (χ2n) is 5.98. The van der Waals surface area contributed by atoms with Gasteiger partial charge in [-0.3, -0.25) is 14.9 Å². The van der Waals surface area contributed by atoms with Crippen LogP contribution in [0.2, 0.25) is 5.02 Å². The summed E-state index contributed by atoms with van der Waals surface area (Å²) in [6, 6.07) is 14.3. The van der Waals surface area contributed by atoms with Crippen LogP contribution in [0.25, 0.3) is 11.3 Å². The van der Waals surface area contributed by atoms with Gasteiger partial charge in [0.1, 0.15) is 5.75 Å². The maximum atomic E-state index is 12.4. The van der Waals surface area contributed by atoms with E-state index < -0.39 is 6.10 Å². The molecule has 144 valence electrons. The fourth-order valence-electron chi connectivity index (χ4n) is 2.38. The van der Waals surface area contributed by atoms with Crippen molar-refractivity contribution < 1.29 is 14.3 Å². The first kappa shape index (κ1) is 19.9. The molecule has 0 fully saturated rings. The van der Waals surface area contributed by atoms with Gasteiger partial charge in [0.05, 0.1) is 10.7 Å². The molecule has 1 aromatic heterocycles. The van der Waals surface area contributed by atoms with E-state index in [9.17, 15) is 9.59 Å². The molecule has 2 amide bonds. The number of aromatic nitrogens is 1. The average Bonchev–Trinajstić information content (AvgIpc) is 3.12. The normalized spacial score (nSPS) is 11.5. The van der Waals surface area contributed by atoms with Crippen molar-refractivity contribution in [3.63, 3.8) is 0 Å². The molecule has 28 heavy (non-hydrogen) atoms. The highest BCUT2D eigenvalue weighted by molar-refractivity contribution is 7.14. The smallest absolute Gasteiger partial charge is 0.266 e. The lowest BCUT2D eigenvalue weighted by Gasteiger charge is -2.14. The number of carbonyl (C=O) groups is 2. The number of amides is 2. The first-order chi connectivity index (χ1) is 13.4. The highest BCUT2D eigenvalue weighted by Crippen LogP contribution is 2.27. The Labute approximate surface area is 171 Å². The van der Waals surface area contributed by atoms with E-state index in [1.807, 2.05) is 17.5 Å². The number of benzene rings is 2. The molecule has 0 bridgehead atoms. The molecular formula is C20H18ClN3O3S. The molecule has 3 rings (SSSR count). The van der Waals surface area contributed by atoms with Crippen LogP contribution in [0, 0.1) is 0 Å². The lowest BCUT2D eigenvalue weighted by Crippen LogP contribution is -2.30. The van der Waals surface area contributed by atoms with Crippen LogP contribution in [0.15, 0.2) is 53.9 Å². The number of halogens is 1. The summed E-state index contributed by atoms with van der Waals surface area (Å²) in [6.45, 7) is 3.10. The molecule has 0 aliphatic carbocycles. The summed E-state index contributed by atoms with van der Waals surface area (Å²) in [4.78, 5) is 27.9. The summed E-state index contributed by atoms with van der Waals surface area (Å²) in [7, 11) is 0. The predicted octanol–water partition coefficient (Wildman–Crippen LogP) is 4.83. The van der Waals surface area contributed by atoms with E-state index >= 15 is 0 Å². The minimum Gasteiger partial charge on any atom is -0.479 e. The van der Waals surface area contributed by atoms with Gasteiger partial charge in [0.15, 0.2) is 11.2 Å². The molecule has 0 aliphatic rings. The molecule has 2 aromatic carbocycles. The maximum Gasteiger partial charge on any atom is 0.266 e. The molecule has 3 aromatic rings. The van der Waals surface area contributed by atoms with Crippen LogP contribution >= 0.6 is 22.9 Å². The molecule has 0 spiro atoms. The van der Waals surface area contributed by atoms with E-state index in [2.05, 4.69) is 15.6 Å². The Hall–Kier alpha value is -2.90. The number of carbonyl (C=O) groups excluding carboxylic acids is 2. The molecule has 0 saturated heterocycles. The van der Waals surface area contributed by atoms with Gasteiger partial charge >= 0.3 is 0 Å².